The minimum absolute atomic E-state index is 0.231. The van der Waals surface area contributed by atoms with Gasteiger partial charge in [0.1, 0.15) is 5.01 Å². The number of halogens is 1. The van der Waals surface area contributed by atoms with Crippen molar-refractivity contribution in [2.75, 3.05) is 19.0 Å². The molecule has 0 aliphatic rings. The molecule has 2 rings (SSSR count). The molecule has 1 heterocycles. The van der Waals surface area contributed by atoms with Crippen LogP contribution in [0.1, 0.15) is 41.3 Å². The summed E-state index contributed by atoms with van der Waals surface area (Å²) in [6.07, 6.45) is 0.858. The van der Waals surface area contributed by atoms with E-state index in [1.165, 1.54) is 18.4 Å². The van der Waals surface area contributed by atoms with Crippen LogP contribution >= 0.6 is 22.9 Å². The van der Waals surface area contributed by atoms with Gasteiger partial charge in [0.2, 0.25) is 0 Å². The first kappa shape index (κ1) is 21.2. The number of hydrogen-bond acceptors (Lipinski definition) is 5. The van der Waals surface area contributed by atoms with Gasteiger partial charge < -0.3 is 15.0 Å². The van der Waals surface area contributed by atoms with Gasteiger partial charge in [-0.3, -0.25) is 0 Å². The Kier molecular flexibility index (Phi) is 7.62. The molecule has 0 aliphatic heterocycles. The SMILES string of the molecule is COC(=O)c1csc(CN(CCC(C)C)C(=O)Nc2ccc(C)c(Cl)c2)n1. The second-order valence-electron chi connectivity index (χ2n) is 6.62. The van der Waals surface area contributed by atoms with Crippen LogP contribution in [0.3, 0.4) is 0 Å². The third-order valence-electron chi connectivity index (χ3n) is 3.96. The van der Waals surface area contributed by atoms with E-state index in [1.807, 2.05) is 19.1 Å². The number of benzene rings is 1. The highest BCUT2D eigenvalue weighted by molar-refractivity contribution is 7.09. The number of carbonyl (C=O) groups excluding carboxylic acids is 2. The standard InChI is InChI=1S/C19H24ClN3O3S/c1-12(2)7-8-23(10-17-22-16(11-27-17)18(24)26-4)19(25)21-14-6-5-13(3)15(20)9-14/h5-6,9,11-12H,7-8,10H2,1-4H3,(H,21,25). The van der Waals surface area contributed by atoms with E-state index in [0.717, 1.165) is 12.0 Å². The maximum Gasteiger partial charge on any atom is 0.357 e. The van der Waals surface area contributed by atoms with Gasteiger partial charge in [-0.05, 0) is 37.0 Å². The summed E-state index contributed by atoms with van der Waals surface area (Å²) in [5.41, 5.74) is 1.84. The van der Waals surface area contributed by atoms with Crippen molar-refractivity contribution in [3.63, 3.8) is 0 Å². The predicted octanol–water partition coefficient (Wildman–Crippen LogP) is 4.97. The van der Waals surface area contributed by atoms with Gasteiger partial charge in [0.15, 0.2) is 5.69 Å². The third kappa shape index (κ3) is 6.22. The maximum atomic E-state index is 12.8. The van der Waals surface area contributed by atoms with Gasteiger partial charge in [-0.25, -0.2) is 14.6 Å². The number of nitrogens with one attached hydrogen (secondary N) is 1. The van der Waals surface area contributed by atoms with Gasteiger partial charge in [-0.1, -0.05) is 31.5 Å². The molecule has 0 unspecified atom stereocenters. The zero-order chi connectivity index (χ0) is 20.0. The molecule has 0 fully saturated rings. The molecule has 27 heavy (non-hydrogen) atoms. The largest absolute Gasteiger partial charge is 0.464 e. The van der Waals surface area contributed by atoms with E-state index in [0.29, 0.717) is 34.7 Å². The number of methoxy groups -OCH3 is 1. The van der Waals surface area contributed by atoms with Crippen molar-refractivity contribution < 1.29 is 14.3 Å². The first-order chi connectivity index (χ1) is 12.8. The van der Waals surface area contributed by atoms with Crippen LogP contribution in [0.5, 0.6) is 0 Å². The Morgan fingerprint density at radius 3 is 2.74 bits per heavy atom. The Bertz CT molecular complexity index is 807. The molecule has 0 spiro atoms. The zero-order valence-electron chi connectivity index (χ0n) is 15.9. The van der Waals surface area contributed by atoms with Crippen LogP contribution in [0.2, 0.25) is 5.02 Å². The molecular formula is C19H24ClN3O3S. The molecule has 6 nitrogen and oxygen atoms in total. The lowest BCUT2D eigenvalue weighted by Gasteiger charge is -2.23. The van der Waals surface area contributed by atoms with Crippen LogP contribution in [0.15, 0.2) is 23.6 Å². The lowest BCUT2D eigenvalue weighted by Crippen LogP contribution is -2.35. The number of nitrogens with zero attached hydrogens (tertiary/aromatic N) is 2. The van der Waals surface area contributed by atoms with E-state index in [1.54, 1.807) is 16.3 Å². The fourth-order valence-electron chi connectivity index (χ4n) is 2.28. The van der Waals surface area contributed by atoms with Crippen molar-refractivity contribution >= 4 is 40.6 Å². The lowest BCUT2D eigenvalue weighted by molar-refractivity contribution is 0.0594. The summed E-state index contributed by atoms with van der Waals surface area (Å²) in [7, 11) is 1.32. The van der Waals surface area contributed by atoms with Gasteiger partial charge in [0.25, 0.3) is 0 Å². The Morgan fingerprint density at radius 2 is 2.11 bits per heavy atom. The first-order valence-electron chi connectivity index (χ1n) is 8.65. The van der Waals surface area contributed by atoms with Crippen LogP contribution in [0, 0.1) is 12.8 Å². The molecule has 0 saturated carbocycles. The molecule has 1 N–H and O–H groups in total. The summed E-state index contributed by atoms with van der Waals surface area (Å²) in [6, 6.07) is 5.18. The van der Waals surface area contributed by atoms with Crippen molar-refractivity contribution in [2.45, 2.75) is 33.7 Å². The average molecular weight is 410 g/mol. The monoisotopic (exact) mass is 409 g/mol. The van der Waals surface area contributed by atoms with Gasteiger partial charge in [0.05, 0.1) is 13.7 Å². The quantitative estimate of drug-likeness (QED) is 0.655. The Hall–Kier alpha value is -2.12. The molecule has 0 aliphatic carbocycles. The Morgan fingerprint density at radius 1 is 1.37 bits per heavy atom. The molecule has 0 radical (unpaired) electrons. The van der Waals surface area contributed by atoms with Gasteiger partial charge >= 0.3 is 12.0 Å². The fourth-order valence-corrected chi connectivity index (χ4v) is 3.24. The zero-order valence-corrected chi connectivity index (χ0v) is 17.5. The Labute approximate surface area is 168 Å². The van der Waals surface area contributed by atoms with E-state index in [9.17, 15) is 9.59 Å². The molecule has 1 aromatic heterocycles. The normalized spacial score (nSPS) is 10.7. The van der Waals surface area contributed by atoms with E-state index in [-0.39, 0.29) is 11.7 Å². The average Bonchev–Trinajstić information content (AvgIpc) is 3.09. The van der Waals surface area contributed by atoms with Crippen molar-refractivity contribution in [3.8, 4) is 0 Å². The van der Waals surface area contributed by atoms with Gasteiger partial charge in [-0.15, -0.1) is 11.3 Å². The maximum absolute atomic E-state index is 12.8. The van der Waals surface area contributed by atoms with Crippen LogP contribution < -0.4 is 5.32 Å². The smallest absolute Gasteiger partial charge is 0.357 e. The summed E-state index contributed by atoms with van der Waals surface area (Å²) in [5.74, 6) is -0.0268. The van der Waals surface area contributed by atoms with Crippen molar-refractivity contribution in [2.24, 2.45) is 5.92 Å². The Balaban J connectivity index is 2.12. The molecule has 0 atom stereocenters. The van der Waals surface area contributed by atoms with E-state index >= 15 is 0 Å². The summed E-state index contributed by atoms with van der Waals surface area (Å²) < 4.78 is 4.68. The molecule has 0 saturated heterocycles. The van der Waals surface area contributed by atoms with Gasteiger partial charge in [-0.2, -0.15) is 0 Å². The highest BCUT2D eigenvalue weighted by Crippen LogP contribution is 2.21. The number of aryl methyl sites for hydroxylation is 1. The molecule has 146 valence electrons. The number of amides is 2. The van der Waals surface area contributed by atoms with Crippen LogP contribution in [0.4, 0.5) is 10.5 Å². The number of thiazole rings is 1. The van der Waals surface area contributed by atoms with Gasteiger partial charge in [0, 0.05) is 22.6 Å². The summed E-state index contributed by atoms with van der Waals surface area (Å²) in [5, 5.41) is 5.80. The highest BCUT2D eigenvalue weighted by Gasteiger charge is 2.18. The van der Waals surface area contributed by atoms with Crippen molar-refractivity contribution in [3.05, 3.63) is 44.9 Å². The number of aromatic nitrogens is 1. The van der Waals surface area contributed by atoms with Crippen molar-refractivity contribution in [1.82, 2.24) is 9.88 Å². The van der Waals surface area contributed by atoms with Crippen molar-refractivity contribution in [1.29, 1.82) is 0 Å². The van der Waals surface area contributed by atoms with Crippen LogP contribution in [-0.4, -0.2) is 35.5 Å². The first-order valence-corrected chi connectivity index (χ1v) is 9.90. The number of hydrogen-bond donors (Lipinski definition) is 1. The highest BCUT2D eigenvalue weighted by atomic mass is 35.5. The van der Waals surface area contributed by atoms with Crippen LogP contribution in [0.25, 0.3) is 0 Å². The molecule has 0 bridgehead atoms. The molecular weight excluding hydrogens is 386 g/mol. The van der Waals surface area contributed by atoms with E-state index < -0.39 is 5.97 Å². The number of anilines is 1. The van der Waals surface area contributed by atoms with E-state index in [2.05, 4.69) is 28.9 Å². The number of rotatable bonds is 7. The third-order valence-corrected chi connectivity index (χ3v) is 5.20. The second-order valence-corrected chi connectivity index (χ2v) is 7.97. The minimum atomic E-state index is -0.482. The summed E-state index contributed by atoms with van der Waals surface area (Å²) in [6.45, 7) is 7.02. The lowest BCUT2D eigenvalue weighted by atomic mass is 10.1. The minimum Gasteiger partial charge on any atom is -0.464 e. The molecule has 1 aromatic carbocycles. The second kappa shape index (κ2) is 9.71. The van der Waals surface area contributed by atoms with E-state index in [4.69, 9.17) is 11.6 Å². The molecule has 2 amide bonds. The number of esters is 1. The fraction of sp³-hybridized carbons (Fsp3) is 0.421. The molecule has 2 aromatic rings. The summed E-state index contributed by atoms with van der Waals surface area (Å²) in [4.78, 5) is 30.3. The number of carbonyl (C=O) groups is 2. The number of urea groups is 1. The molecule has 8 heteroatoms. The number of ether oxygens (including phenoxy) is 1. The predicted molar refractivity (Wildman–Crippen MR) is 109 cm³/mol. The topological polar surface area (TPSA) is 71.5 Å². The summed E-state index contributed by atoms with van der Waals surface area (Å²) >= 11 is 7.47. The van der Waals surface area contributed by atoms with Crippen LogP contribution in [-0.2, 0) is 11.3 Å².